The van der Waals surface area contributed by atoms with Crippen LogP contribution in [0, 0.1) is 29.6 Å². The highest BCUT2D eigenvalue weighted by molar-refractivity contribution is 4.90. The Bertz CT molecular complexity index is 253. The van der Waals surface area contributed by atoms with Gasteiger partial charge in [0.2, 0.25) is 0 Å². The number of hydrogen-bond donors (Lipinski definition) is 0. The lowest BCUT2D eigenvalue weighted by Crippen LogP contribution is -2.30. The summed E-state index contributed by atoms with van der Waals surface area (Å²) in [6.45, 7) is 7.13. The van der Waals surface area contributed by atoms with Crippen molar-refractivity contribution in [1.82, 2.24) is 0 Å². The van der Waals surface area contributed by atoms with Crippen LogP contribution in [0.5, 0.6) is 0 Å². The van der Waals surface area contributed by atoms with Gasteiger partial charge in [-0.25, -0.2) is 0 Å². The van der Waals surface area contributed by atoms with Gasteiger partial charge < -0.3 is 0 Å². The fourth-order valence-corrected chi connectivity index (χ4v) is 5.31. The molecule has 118 valence electrons. The summed E-state index contributed by atoms with van der Waals surface area (Å²) in [5.41, 5.74) is 0. The Morgan fingerprint density at radius 2 is 1.75 bits per heavy atom. The average Bonchev–Trinajstić information content (AvgIpc) is 2.94. The largest absolute Gasteiger partial charge is 0.0654 e. The van der Waals surface area contributed by atoms with Crippen molar-refractivity contribution in [3.8, 4) is 0 Å². The molecule has 0 nitrogen and oxygen atoms in total. The Morgan fingerprint density at radius 1 is 0.950 bits per heavy atom. The highest BCUT2D eigenvalue weighted by atomic mass is 14.4. The maximum Gasteiger partial charge on any atom is -0.0357 e. The van der Waals surface area contributed by atoms with E-state index in [1.807, 2.05) is 0 Å². The van der Waals surface area contributed by atoms with Crippen LogP contribution in [-0.2, 0) is 0 Å². The van der Waals surface area contributed by atoms with Gasteiger partial charge in [0, 0.05) is 0 Å². The van der Waals surface area contributed by atoms with E-state index < -0.39 is 0 Å². The van der Waals surface area contributed by atoms with Crippen molar-refractivity contribution in [3.63, 3.8) is 0 Å². The van der Waals surface area contributed by atoms with E-state index in [1.165, 1.54) is 44.9 Å². The zero-order valence-corrected chi connectivity index (χ0v) is 14.4. The molecule has 2 aliphatic rings. The van der Waals surface area contributed by atoms with E-state index in [1.54, 1.807) is 32.1 Å². The van der Waals surface area contributed by atoms with E-state index in [-0.39, 0.29) is 0 Å². The zero-order valence-electron chi connectivity index (χ0n) is 14.4. The van der Waals surface area contributed by atoms with Gasteiger partial charge in [0.15, 0.2) is 0 Å². The standard InChI is InChI=1S/C20H38/c1-4-7-9-17-14-18-10-8-11-20(18)19(15-17)13-12-16(5-2)6-3/h16-20H,4-15H2,1-3H3. The molecule has 0 saturated heterocycles. The predicted octanol–water partition coefficient (Wildman–Crippen LogP) is 6.84. The predicted molar refractivity (Wildman–Crippen MR) is 89.9 cm³/mol. The molecule has 2 aliphatic carbocycles. The first kappa shape index (κ1) is 16.4. The third-order valence-electron chi connectivity index (χ3n) is 6.66. The molecule has 0 aromatic heterocycles. The Labute approximate surface area is 128 Å². The number of rotatable bonds is 8. The zero-order chi connectivity index (χ0) is 14.4. The van der Waals surface area contributed by atoms with Crippen LogP contribution in [0.4, 0.5) is 0 Å². The van der Waals surface area contributed by atoms with E-state index in [2.05, 4.69) is 20.8 Å². The molecule has 0 spiro atoms. The summed E-state index contributed by atoms with van der Waals surface area (Å²) in [7, 11) is 0. The maximum atomic E-state index is 2.39. The van der Waals surface area contributed by atoms with Crippen molar-refractivity contribution >= 4 is 0 Å². The third kappa shape index (κ3) is 4.25. The lowest BCUT2D eigenvalue weighted by molar-refractivity contribution is 0.109. The van der Waals surface area contributed by atoms with Crippen LogP contribution in [-0.4, -0.2) is 0 Å². The van der Waals surface area contributed by atoms with Crippen molar-refractivity contribution in [2.75, 3.05) is 0 Å². The number of hydrogen-bond acceptors (Lipinski definition) is 0. The normalized spacial score (nSPS) is 33.6. The van der Waals surface area contributed by atoms with Crippen LogP contribution in [0.3, 0.4) is 0 Å². The summed E-state index contributed by atoms with van der Waals surface area (Å²) in [4.78, 5) is 0. The molecule has 0 radical (unpaired) electrons. The van der Waals surface area contributed by atoms with Crippen LogP contribution in [0.15, 0.2) is 0 Å². The first-order valence-electron chi connectivity index (χ1n) is 9.78. The van der Waals surface area contributed by atoms with Gasteiger partial charge in [-0.3, -0.25) is 0 Å². The number of unbranched alkanes of at least 4 members (excludes halogenated alkanes) is 1. The van der Waals surface area contributed by atoms with E-state index in [4.69, 9.17) is 0 Å². The van der Waals surface area contributed by atoms with Gasteiger partial charge >= 0.3 is 0 Å². The van der Waals surface area contributed by atoms with Crippen molar-refractivity contribution in [2.45, 2.75) is 97.8 Å². The summed E-state index contributed by atoms with van der Waals surface area (Å²) in [6.07, 6.45) is 18.1. The monoisotopic (exact) mass is 278 g/mol. The van der Waals surface area contributed by atoms with E-state index in [9.17, 15) is 0 Å². The van der Waals surface area contributed by atoms with Gasteiger partial charge in [-0.15, -0.1) is 0 Å². The van der Waals surface area contributed by atoms with E-state index >= 15 is 0 Å². The van der Waals surface area contributed by atoms with E-state index in [0.717, 1.165) is 29.6 Å². The van der Waals surface area contributed by atoms with Crippen molar-refractivity contribution in [3.05, 3.63) is 0 Å². The molecule has 0 aliphatic heterocycles. The quantitative estimate of drug-likeness (QED) is 0.456. The summed E-state index contributed by atoms with van der Waals surface area (Å²) in [6, 6.07) is 0. The third-order valence-corrected chi connectivity index (χ3v) is 6.66. The highest BCUT2D eigenvalue weighted by Crippen LogP contribution is 2.50. The topological polar surface area (TPSA) is 0 Å². The smallest absolute Gasteiger partial charge is 0.0357 e. The van der Waals surface area contributed by atoms with Crippen LogP contribution in [0.1, 0.15) is 97.8 Å². The van der Waals surface area contributed by atoms with Crippen molar-refractivity contribution < 1.29 is 0 Å². The molecule has 0 heterocycles. The van der Waals surface area contributed by atoms with Gasteiger partial charge in [-0.1, -0.05) is 72.1 Å². The fraction of sp³-hybridized carbons (Fsp3) is 1.00. The number of fused-ring (bicyclic) bond motifs is 1. The molecule has 0 bridgehead atoms. The fourth-order valence-electron chi connectivity index (χ4n) is 5.31. The molecule has 0 N–H and O–H groups in total. The highest BCUT2D eigenvalue weighted by Gasteiger charge is 2.39. The van der Waals surface area contributed by atoms with Gasteiger partial charge in [-0.05, 0) is 55.3 Å². The minimum Gasteiger partial charge on any atom is -0.0654 e. The Balaban J connectivity index is 1.86. The molecule has 2 saturated carbocycles. The summed E-state index contributed by atoms with van der Waals surface area (Å²) < 4.78 is 0. The van der Waals surface area contributed by atoms with Crippen LogP contribution < -0.4 is 0 Å². The Kier molecular flexibility index (Phi) is 6.91. The van der Waals surface area contributed by atoms with Gasteiger partial charge in [0.1, 0.15) is 0 Å². The molecular weight excluding hydrogens is 240 g/mol. The molecule has 0 heteroatoms. The first-order valence-corrected chi connectivity index (χ1v) is 9.78. The summed E-state index contributed by atoms with van der Waals surface area (Å²) in [5, 5.41) is 0. The second kappa shape index (κ2) is 8.44. The average molecular weight is 279 g/mol. The first-order chi connectivity index (χ1) is 9.78. The second-order valence-electron chi connectivity index (χ2n) is 7.85. The van der Waals surface area contributed by atoms with E-state index in [0.29, 0.717) is 0 Å². The van der Waals surface area contributed by atoms with Crippen LogP contribution in [0.25, 0.3) is 0 Å². The molecule has 4 atom stereocenters. The Hall–Kier alpha value is 0. The van der Waals surface area contributed by atoms with Crippen LogP contribution in [0.2, 0.25) is 0 Å². The SMILES string of the molecule is CCCCC1CC2CCCC2C(CCC(CC)CC)C1. The molecule has 0 aromatic rings. The molecule has 2 fully saturated rings. The van der Waals surface area contributed by atoms with Crippen molar-refractivity contribution in [2.24, 2.45) is 29.6 Å². The maximum absolute atomic E-state index is 2.39. The second-order valence-corrected chi connectivity index (χ2v) is 7.85. The minimum absolute atomic E-state index is 1.01. The lowest BCUT2D eigenvalue weighted by atomic mass is 9.66. The molecule has 2 rings (SSSR count). The van der Waals surface area contributed by atoms with Gasteiger partial charge in [0.25, 0.3) is 0 Å². The molecule has 20 heavy (non-hydrogen) atoms. The summed E-state index contributed by atoms with van der Waals surface area (Å²) in [5.74, 6) is 5.44. The molecule has 4 unspecified atom stereocenters. The lowest BCUT2D eigenvalue weighted by Gasteiger charge is -2.39. The Morgan fingerprint density at radius 3 is 2.45 bits per heavy atom. The summed E-state index contributed by atoms with van der Waals surface area (Å²) >= 11 is 0. The van der Waals surface area contributed by atoms with Gasteiger partial charge in [-0.2, -0.15) is 0 Å². The van der Waals surface area contributed by atoms with Crippen LogP contribution >= 0.6 is 0 Å². The molecule has 0 amide bonds. The molecular formula is C20H38. The molecule has 0 aromatic carbocycles. The van der Waals surface area contributed by atoms with Gasteiger partial charge in [0.05, 0.1) is 0 Å². The van der Waals surface area contributed by atoms with Crippen molar-refractivity contribution in [1.29, 1.82) is 0 Å². The minimum atomic E-state index is 1.01.